The minimum Gasteiger partial charge on any atom is -0.469 e. The van der Waals surface area contributed by atoms with Crippen molar-refractivity contribution in [1.29, 1.82) is 0 Å². The molecular weight excluding hydrogens is 316 g/mol. The Labute approximate surface area is 148 Å². The molecule has 1 aliphatic heterocycles. The molecule has 3 unspecified atom stereocenters. The van der Waals surface area contributed by atoms with Gasteiger partial charge in [0.15, 0.2) is 0 Å². The molecule has 1 saturated heterocycles. The van der Waals surface area contributed by atoms with E-state index in [1.165, 1.54) is 5.69 Å². The summed E-state index contributed by atoms with van der Waals surface area (Å²) < 4.78 is 10.9. The molecule has 0 spiro atoms. The summed E-state index contributed by atoms with van der Waals surface area (Å²) in [5.41, 5.74) is 2.35. The van der Waals surface area contributed by atoms with E-state index in [2.05, 4.69) is 35.3 Å². The zero-order valence-corrected chi connectivity index (χ0v) is 14.5. The quantitative estimate of drug-likeness (QED) is 0.909. The largest absolute Gasteiger partial charge is 0.469 e. The number of anilines is 1. The van der Waals surface area contributed by atoms with Gasteiger partial charge in [-0.05, 0) is 37.1 Å². The average Bonchev–Trinajstić information content (AvgIpc) is 3.28. The Bertz CT molecular complexity index is 722. The van der Waals surface area contributed by atoms with Crippen molar-refractivity contribution in [2.75, 3.05) is 31.2 Å². The van der Waals surface area contributed by atoms with Gasteiger partial charge >= 0.3 is 0 Å². The third kappa shape index (κ3) is 3.42. The highest BCUT2D eigenvalue weighted by Gasteiger charge is 2.46. The molecule has 0 radical (unpaired) electrons. The molecule has 25 heavy (non-hydrogen) atoms. The summed E-state index contributed by atoms with van der Waals surface area (Å²) in [5, 5.41) is 3.19. The monoisotopic (exact) mass is 340 g/mol. The van der Waals surface area contributed by atoms with E-state index < -0.39 is 0 Å². The van der Waals surface area contributed by atoms with E-state index in [1.54, 1.807) is 6.26 Å². The summed E-state index contributed by atoms with van der Waals surface area (Å²) in [7, 11) is 0. The number of ether oxygens (including phenoxy) is 1. The predicted molar refractivity (Wildman–Crippen MR) is 95.6 cm³/mol. The molecule has 2 aromatic rings. The molecular formula is C20H24N2O3. The Morgan fingerprint density at radius 1 is 1.20 bits per heavy atom. The van der Waals surface area contributed by atoms with Gasteiger partial charge < -0.3 is 19.4 Å². The van der Waals surface area contributed by atoms with Crippen molar-refractivity contribution in [2.45, 2.75) is 25.3 Å². The summed E-state index contributed by atoms with van der Waals surface area (Å²) in [5.74, 6) is 1.30. The first-order valence-corrected chi connectivity index (χ1v) is 8.99. The van der Waals surface area contributed by atoms with Gasteiger partial charge in [0.2, 0.25) is 5.91 Å². The second-order valence-corrected chi connectivity index (χ2v) is 6.85. The summed E-state index contributed by atoms with van der Waals surface area (Å²) in [6.45, 7) is 5.34. The normalized spacial score (nSPS) is 24.0. The number of rotatable bonds is 5. The Kier molecular flexibility index (Phi) is 4.49. The molecule has 2 heterocycles. The van der Waals surface area contributed by atoms with Gasteiger partial charge in [-0.2, -0.15) is 0 Å². The maximum Gasteiger partial charge on any atom is 0.224 e. The Balaban J connectivity index is 1.43. The maximum atomic E-state index is 12.6. The van der Waals surface area contributed by atoms with Crippen LogP contribution in [0.25, 0.3) is 0 Å². The van der Waals surface area contributed by atoms with E-state index in [-0.39, 0.29) is 23.8 Å². The molecule has 2 aliphatic rings. The summed E-state index contributed by atoms with van der Waals surface area (Å²) >= 11 is 0. The van der Waals surface area contributed by atoms with Crippen molar-refractivity contribution in [2.24, 2.45) is 5.92 Å². The van der Waals surface area contributed by atoms with Crippen LogP contribution < -0.4 is 10.2 Å². The van der Waals surface area contributed by atoms with Crippen LogP contribution in [0.5, 0.6) is 0 Å². The van der Waals surface area contributed by atoms with Gasteiger partial charge in [0.25, 0.3) is 0 Å². The third-order valence-corrected chi connectivity index (χ3v) is 5.15. The van der Waals surface area contributed by atoms with Gasteiger partial charge in [-0.15, -0.1) is 0 Å². The van der Waals surface area contributed by atoms with E-state index in [9.17, 15) is 4.79 Å². The summed E-state index contributed by atoms with van der Waals surface area (Å²) in [6, 6.07) is 12.1. The van der Waals surface area contributed by atoms with Gasteiger partial charge in [-0.25, -0.2) is 0 Å². The first-order valence-electron chi connectivity index (χ1n) is 8.99. The van der Waals surface area contributed by atoms with Gasteiger partial charge in [0, 0.05) is 30.6 Å². The molecule has 2 fully saturated rings. The number of furan rings is 1. The van der Waals surface area contributed by atoms with Crippen LogP contribution in [0.1, 0.15) is 36.6 Å². The lowest BCUT2D eigenvalue weighted by Crippen LogP contribution is -2.37. The van der Waals surface area contributed by atoms with Crippen LogP contribution in [0.15, 0.2) is 47.1 Å². The highest BCUT2D eigenvalue weighted by atomic mass is 16.5. The molecule has 3 atom stereocenters. The van der Waals surface area contributed by atoms with Crippen LogP contribution in [0.2, 0.25) is 0 Å². The van der Waals surface area contributed by atoms with E-state index in [4.69, 9.17) is 9.15 Å². The average molecular weight is 340 g/mol. The van der Waals surface area contributed by atoms with Gasteiger partial charge in [0.05, 0.1) is 25.5 Å². The highest BCUT2D eigenvalue weighted by Crippen LogP contribution is 2.48. The van der Waals surface area contributed by atoms with Crippen LogP contribution in [0.3, 0.4) is 0 Å². The van der Waals surface area contributed by atoms with Gasteiger partial charge in [0.1, 0.15) is 5.76 Å². The zero-order valence-electron chi connectivity index (χ0n) is 14.5. The van der Waals surface area contributed by atoms with Crippen LogP contribution in [0.4, 0.5) is 5.69 Å². The SMILES string of the molecule is CC(NC(=O)C1CC1c1ccco1)c1ccccc1N1CCOCC1. The van der Waals surface area contributed by atoms with Crippen LogP contribution >= 0.6 is 0 Å². The van der Waals surface area contributed by atoms with Crippen molar-refractivity contribution >= 4 is 11.6 Å². The van der Waals surface area contributed by atoms with E-state index in [0.29, 0.717) is 0 Å². The number of hydrogen-bond donors (Lipinski definition) is 1. The number of amides is 1. The maximum absolute atomic E-state index is 12.6. The predicted octanol–water partition coefficient (Wildman–Crippen LogP) is 3.10. The van der Waals surface area contributed by atoms with Crippen molar-refractivity contribution in [3.05, 3.63) is 54.0 Å². The zero-order chi connectivity index (χ0) is 17.2. The van der Waals surface area contributed by atoms with Gasteiger partial charge in [-0.1, -0.05) is 18.2 Å². The van der Waals surface area contributed by atoms with E-state index in [0.717, 1.165) is 44.0 Å². The molecule has 0 bridgehead atoms. The fourth-order valence-electron chi connectivity index (χ4n) is 3.65. The number of para-hydroxylation sites is 1. The van der Waals surface area contributed by atoms with E-state index >= 15 is 0 Å². The highest BCUT2D eigenvalue weighted by molar-refractivity contribution is 5.83. The topological polar surface area (TPSA) is 54.7 Å². The minimum atomic E-state index is -0.0237. The molecule has 1 amide bonds. The second-order valence-electron chi connectivity index (χ2n) is 6.85. The lowest BCUT2D eigenvalue weighted by atomic mass is 10.0. The molecule has 1 aromatic heterocycles. The van der Waals surface area contributed by atoms with Crippen LogP contribution in [-0.2, 0) is 9.53 Å². The molecule has 1 aromatic carbocycles. The fraction of sp³-hybridized carbons (Fsp3) is 0.450. The second kappa shape index (κ2) is 6.92. The van der Waals surface area contributed by atoms with Crippen molar-refractivity contribution in [3.8, 4) is 0 Å². The first kappa shape index (κ1) is 16.2. The number of nitrogens with one attached hydrogen (secondary N) is 1. The number of hydrogen-bond acceptors (Lipinski definition) is 4. The van der Waals surface area contributed by atoms with Crippen molar-refractivity contribution in [1.82, 2.24) is 5.32 Å². The Morgan fingerprint density at radius 3 is 2.76 bits per heavy atom. The minimum absolute atomic E-state index is 0.0237. The number of carbonyl (C=O) groups excluding carboxylic acids is 1. The third-order valence-electron chi connectivity index (χ3n) is 5.15. The summed E-state index contributed by atoms with van der Waals surface area (Å²) in [6.07, 6.45) is 2.54. The number of carbonyl (C=O) groups is 1. The molecule has 4 rings (SSSR count). The van der Waals surface area contributed by atoms with Crippen LogP contribution in [0, 0.1) is 5.92 Å². The van der Waals surface area contributed by atoms with Crippen LogP contribution in [-0.4, -0.2) is 32.2 Å². The molecule has 1 N–H and O–H groups in total. The Hall–Kier alpha value is -2.27. The Morgan fingerprint density at radius 2 is 2.00 bits per heavy atom. The standard InChI is InChI=1S/C20H24N2O3/c1-14(21-20(23)17-13-16(17)19-7-4-10-25-19)15-5-2-3-6-18(15)22-8-11-24-12-9-22/h2-7,10,14,16-17H,8-9,11-13H2,1H3,(H,21,23). The fourth-order valence-corrected chi connectivity index (χ4v) is 3.65. The summed E-state index contributed by atoms with van der Waals surface area (Å²) in [4.78, 5) is 14.9. The number of benzene rings is 1. The molecule has 5 heteroatoms. The lowest BCUT2D eigenvalue weighted by Gasteiger charge is -2.32. The number of morpholine rings is 1. The molecule has 132 valence electrons. The smallest absolute Gasteiger partial charge is 0.224 e. The van der Waals surface area contributed by atoms with E-state index in [1.807, 2.05) is 18.2 Å². The molecule has 5 nitrogen and oxygen atoms in total. The lowest BCUT2D eigenvalue weighted by molar-refractivity contribution is -0.123. The van der Waals surface area contributed by atoms with Crippen molar-refractivity contribution < 1.29 is 13.9 Å². The molecule has 1 saturated carbocycles. The number of nitrogens with zero attached hydrogens (tertiary/aromatic N) is 1. The molecule has 1 aliphatic carbocycles. The van der Waals surface area contributed by atoms with Gasteiger partial charge in [-0.3, -0.25) is 4.79 Å². The first-order chi connectivity index (χ1) is 12.2. The van der Waals surface area contributed by atoms with Crippen molar-refractivity contribution in [3.63, 3.8) is 0 Å².